The van der Waals surface area contributed by atoms with Gasteiger partial charge in [-0.25, -0.2) is 14.3 Å². The molecule has 3 aromatic rings. The van der Waals surface area contributed by atoms with Crippen LogP contribution in [0.15, 0.2) is 42.7 Å². The number of rotatable bonds is 2. The predicted octanol–water partition coefficient (Wildman–Crippen LogP) is 3.76. The summed E-state index contributed by atoms with van der Waals surface area (Å²) in [5, 5.41) is 17.1. The summed E-state index contributed by atoms with van der Waals surface area (Å²) in [6, 6.07) is 11.9. The fraction of sp³-hybridized carbons (Fsp3) is 0.333. The van der Waals surface area contributed by atoms with E-state index in [4.69, 9.17) is 0 Å². The normalized spacial score (nSPS) is 23.1. The maximum absolute atomic E-state index is 12.9. The predicted molar refractivity (Wildman–Crippen MR) is 105 cm³/mol. The van der Waals surface area contributed by atoms with E-state index >= 15 is 0 Å². The lowest BCUT2D eigenvalue weighted by Crippen LogP contribution is -2.70. The maximum Gasteiger partial charge on any atom is 0.323 e. The van der Waals surface area contributed by atoms with E-state index in [0.717, 1.165) is 42.3 Å². The SMILES string of the molecule is Cc1ccc(NC(=O)N2[C@@H]3CCC[C@@]2(C#N)C3)cc1-c1ncc2cccn2n1. The van der Waals surface area contributed by atoms with Gasteiger partial charge in [0.1, 0.15) is 5.54 Å². The molecule has 2 fully saturated rings. The van der Waals surface area contributed by atoms with Crippen molar-refractivity contribution < 1.29 is 4.79 Å². The summed E-state index contributed by atoms with van der Waals surface area (Å²) >= 11 is 0. The van der Waals surface area contributed by atoms with Gasteiger partial charge in [-0.05, 0) is 56.0 Å². The molecule has 7 nitrogen and oxygen atoms in total. The monoisotopic (exact) mass is 372 g/mol. The van der Waals surface area contributed by atoms with Crippen molar-refractivity contribution in [2.45, 2.75) is 44.2 Å². The molecule has 2 saturated heterocycles. The fourth-order valence-electron chi connectivity index (χ4n) is 4.50. The minimum absolute atomic E-state index is 0.179. The molecule has 0 aliphatic carbocycles. The lowest BCUT2D eigenvalue weighted by Gasteiger charge is -2.57. The summed E-state index contributed by atoms with van der Waals surface area (Å²) < 4.78 is 1.78. The van der Waals surface area contributed by atoms with Gasteiger partial charge in [-0.15, -0.1) is 5.10 Å². The number of fused-ring (bicyclic) bond motifs is 3. The number of hydrogen-bond donors (Lipinski definition) is 1. The van der Waals surface area contributed by atoms with Crippen LogP contribution in [0.3, 0.4) is 0 Å². The van der Waals surface area contributed by atoms with Crippen molar-refractivity contribution in [2.75, 3.05) is 5.32 Å². The maximum atomic E-state index is 12.9. The Bertz CT molecular complexity index is 1130. The molecule has 0 saturated carbocycles. The third-order valence-electron chi connectivity index (χ3n) is 5.96. The summed E-state index contributed by atoms with van der Waals surface area (Å²) in [5.74, 6) is 0.603. The Morgan fingerprint density at radius 2 is 2.29 bits per heavy atom. The van der Waals surface area contributed by atoms with Crippen molar-refractivity contribution in [1.82, 2.24) is 19.5 Å². The number of urea groups is 1. The first-order valence-corrected chi connectivity index (χ1v) is 9.53. The Hall–Kier alpha value is -3.40. The first-order chi connectivity index (χ1) is 13.6. The number of nitriles is 1. The van der Waals surface area contributed by atoms with Crippen LogP contribution in [-0.4, -0.2) is 37.1 Å². The lowest BCUT2D eigenvalue weighted by molar-refractivity contribution is -0.0314. The van der Waals surface area contributed by atoms with Crippen molar-refractivity contribution in [3.8, 4) is 17.5 Å². The van der Waals surface area contributed by atoms with Crippen molar-refractivity contribution in [3.05, 3.63) is 48.3 Å². The standard InChI is InChI=1S/C21H20N6O/c1-14-6-7-15(10-18(14)19-23-12-17-5-3-9-26(17)25-19)24-20(28)27-16-4-2-8-21(27,11-16)13-22/h3,5-7,9-10,12,16H,2,4,8,11H2,1H3,(H,24,28)/t16-,21+/m1/s1. The first-order valence-electron chi connectivity index (χ1n) is 9.53. The van der Waals surface area contributed by atoms with E-state index in [2.05, 4.69) is 21.5 Å². The smallest absolute Gasteiger partial charge is 0.308 e. The van der Waals surface area contributed by atoms with Crippen molar-refractivity contribution in [1.29, 1.82) is 5.26 Å². The van der Waals surface area contributed by atoms with Gasteiger partial charge in [0.25, 0.3) is 0 Å². The van der Waals surface area contributed by atoms with Gasteiger partial charge in [0.05, 0.1) is 17.8 Å². The van der Waals surface area contributed by atoms with Crippen LogP contribution in [0.2, 0.25) is 0 Å². The van der Waals surface area contributed by atoms with Crippen LogP contribution >= 0.6 is 0 Å². The molecule has 2 bridgehead atoms. The Morgan fingerprint density at radius 3 is 3.11 bits per heavy atom. The minimum atomic E-state index is -0.622. The molecule has 2 aliphatic heterocycles. The number of nitrogens with zero attached hydrogens (tertiary/aromatic N) is 5. The Morgan fingerprint density at radius 1 is 1.39 bits per heavy atom. The van der Waals surface area contributed by atoms with E-state index in [1.165, 1.54) is 0 Å². The van der Waals surface area contributed by atoms with Gasteiger partial charge in [0.2, 0.25) is 0 Å². The van der Waals surface area contributed by atoms with Gasteiger partial charge >= 0.3 is 6.03 Å². The van der Waals surface area contributed by atoms with Crippen molar-refractivity contribution in [2.24, 2.45) is 0 Å². The molecule has 7 heteroatoms. The number of anilines is 1. The quantitative estimate of drug-likeness (QED) is 0.742. The highest BCUT2D eigenvalue weighted by molar-refractivity contribution is 5.92. The highest BCUT2D eigenvalue weighted by Gasteiger charge is 2.57. The zero-order valence-corrected chi connectivity index (χ0v) is 15.6. The van der Waals surface area contributed by atoms with Gasteiger partial charge < -0.3 is 10.2 Å². The molecule has 2 aromatic heterocycles. The lowest BCUT2D eigenvalue weighted by atomic mass is 9.69. The van der Waals surface area contributed by atoms with Crippen LogP contribution in [0.1, 0.15) is 31.2 Å². The topological polar surface area (TPSA) is 86.3 Å². The summed E-state index contributed by atoms with van der Waals surface area (Å²) in [5.41, 5.74) is 2.88. The van der Waals surface area contributed by atoms with Crippen LogP contribution < -0.4 is 5.32 Å². The summed E-state index contributed by atoms with van der Waals surface area (Å²) in [6.07, 6.45) is 7.20. The zero-order chi connectivity index (χ0) is 19.3. The second-order valence-electron chi connectivity index (χ2n) is 7.68. The van der Waals surface area contributed by atoms with E-state index in [-0.39, 0.29) is 12.1 Å². The van der Waals surface area contributed by atoms with E-state index < -0.39 is 5.54 Å². The highest BCUT2D eigenvalue weighted by atomic mass is 16.2. The molecule has 0 spiro atoms. The molecule has 2 amide bonds. The Balaban J connectivity index is 1.43. The van der Waals surface area contributed by atoms with Crippen molar-refractivity contribution in [3.63, 3.8) is 0 Å². The second kappa shape index (κ2) is 6.06. The molecule has 1 N–H and O–H groups in total. The fourth-order valence-corrected chi connectivity index (χ4v) is 4.50. The minimum Gasteiger partial charge on any atom is -0.308 e. The molecule has 0 radical (unpaired) electrons. The number of benzene rings is 1. The second-order valence-corrected chi connectivity index (χ2v) is 7.68. The first kappa shape index (κ1) is 16.8. The highest BCUT2D eigenvalue weighted by Crippen LogP contribution is 2.47. The number of hydrogen-bond acceptors (Lipinski definition) is 4. The molecule has 2 atom stereocenters. The van der Waals surface area contributed by atoms with Gasteiger partial charge in [0.15, 0.2) is 5.82 Å². The molecule has 140 valence electrons. The number of amides is 2. The van der Waals surface area contributed by atoms with Gasteiger partial charge in [-0.1, -0.05) is 6.07 Å². The average molecular weight is 372 g/mol. The zero-order valence-electron chi connectivity index (χ0n) is 15.6. The van der Waals surface area contributed by atoms with E-state index in [9.17, 15) is 10.1 Å². The third kappa shape index (κ3) is 2.45. The van der Waals surface area contributed by atoms with E-state index in [0.29, 0.717) is 11.5 Å². The molecule has 1 aromatic carbocycles. The van der Waals surface area contributed by atoms with Crippen LogP contribution in [0.4, 0.5) is 10.5 Å². The van der Waals surface area contributed by atoms with Crippen LogP contribution in [0.5, 0.6) is 0 Å². The van der Waals surface area contributed by atoms with E-state index in [1.807, 2.05) is 43.5 Å². The molecule has 5 rings (SSSR count). The Kier molecular flexibility index (Phi) is 3.63. The van der Waals surface area contributed by atoms with Crippen molar-refractivity contribution >= 4 is 17.2 Å². The number of nitrogens with one attached hydrogen (secondary N) is 1. The molecular weight excluding hydrogens is 352 g/mol. The summed E-state index contributed by atoms with van der Waals surface area (Å²) in [7, 11) is 0. The number of carbonyl (C=O) groups is 1. The average Bonchev–Trinajstić information content (AvgIpc) is 3.17. The van der Waals surface area contributed by atoms with Crippen LogP contribution in [0, 0.1) is 18.3 Å². The van der Waals surface area contributed by atoms with Gasteiger partial charge in [-0.2, -0.15) is 5.26 Å². The molecule has 28 heavy (non-hydrogen) atoms. The largest absolute Gasteiger partial charge is 0.323 e. The van der Waals surface area contributed by atoms with Crippen LogP contribution in [-0.2, 0) is 0 Å². The van der Waals surface area contributed by atoms with Crippen LogP contribution in [0.25, 0.3) is 16.9 Å². The molecule has 0 unspecified atom stereocenters. The van der Waals surface area contributed by atoms with E-state index in [1.54, 1.807) is 15.6 Å². The van der Waals surface area contributed by atoms with Gasteiger partial charge in [-0.3, -0.25) is 0 Å². The summed E-state index contributed by atoms with van der Waals surface area (Å²) in [6.45, 7) is 1.99. The number of aromatic nitrogens is 3. The summed E-state index contributed by atoms with van der Waals surface area (Å²) in [4.78, 5) is 19.1. The molecule has 4 heterocycles. The molecule has 2 aliphatic rings. The number of carbonyl (C=O) groups excluding carboxylic acids is 1. The number of piperidine rings is 1. The molecular formula is C21H20N6O. The number of aryl methyl sites for hydroxylation is 1. The van der Waals surface area contributed by atoms with Gasteiger partial charge in [0, 0.05) is 29.9 Å². The third-order valence-corrected chi connectivity index (χ3v) is 5.96. The Labute approximate surface area is 162 Å².